The summed E-state index contributed by atoms with van der Waals surface area (Å²) in [4.78, 5) is 15.5. The third kappa shape index (κ3) is 2.40. The van der Waals surface area contributed by atoms with Crippen molar-refractivity contribution in [3.8, 4) is 0 Å². The van der Waals surface area contributed by atoms with Crippen LogP contribution in [0.3, 0.4) is 0 Å². The molecule has 2 heterocycles. The molecule has 0 aliphatic heterocycles. The van der Waals surface area contributed by atoms with Crippen LogP contribution in [0.1, 0.15) is 15.9 Å². The fourth-order valence-corrected chi connectivity index (χ4v) is 1.15. The second-order valence-electron chi connectivity index (χ2n) is 3.00. The molecule has 0 spiro atoms. The zero-order valence-electron chi connectivity index (χ0n) is 7.96. The lowest BCUT2D eigenvalue weighted by Gasteiger charge is -1.90. The zero-order valence-corrected chi connectivity index (χ0v) is 7.96. The maximum absolute atomic E-state index is 11.5. The van der Waals surface area contributed by atoms with Crippen LogP contribution in [0.2, 0.25) is 0 Å². The molecular formula is C12H9NO2. The van der Waals surface area contributed by atoms with E-state index < -0.39 is 0 Å². The number of nitrogens with zero attached hydrogens (tertiary/aromatic N) is 1. The summed E-state index contributed by atoms with van der Waals surface area (Å²) in [6.07, 6.45) is 9.51. The highest BCUT2D eigenvalue weighted by molar-refractivity contribution is 6.06. The molecule has 0 fully saturated rings. The molecule has 0 amide bonds. The van der Waals surface area contributed by atoms with Crippen molar-refractivity contribution in [1.82, 2.24) is 4.98 Å². The summed E-state index contributed by atoms with van der Waals surface area (Å²) < 4.78 is 4.82. The minimum atomic E-state index is -0.0763. The lowest BCUT2D eigenvalue weighted by Crippen LogP contribution is -1.90. The van der Waals surface area contributed by atoms with E-state index in [-0.39, 0.29) is 5.78 Å². The summed E-state index contributed by atoms with van der Waals surface area (Å²) in [5.41, 5.74) is 1.45. The van der Waals surface area contributed by atoms with E-state index >= 15 is 0 Å². The van der Waals surface area contributed by atoms with Crippen LogP contribution in [0.5, 0.6) is 0 Å². The van der Waals surface area contributed by atoms with E-state index in [1.54, 1.807) is 24.5 Å². The van der Waals surface area contributed by atoms with Crippen molar-refractivity contribution in [2.24, 2.45) is 0 Å². The quantitative estimate of drug-likeness (QED) is 0.563. The minimum absolute atomic E-state index is 0.0763. The summed E-state index contributed by atoms with van der Waals surface area (Å²) in [6, 6.07) is 5.34. The fourth-order valence-electron chi connectivity index (χ4n) is 1.15. The molecule has 0 N–H and O–H groups in total. The Morgan fingerprint density at radius 2 is 2.33 bits per heavy atom. The molecule has 3 nitrogen and oxygen atoms in total. The van der Waals surface area contributed by atoms with Crippen molar-refractivity contribution in [2.45, 2.75) is 0 Å². The number of hydrogen-bond acceptors (Lipinski definition) is 3. The highest BCUT2D eigenvalue weighted by Crippen LogP contribution is 2.04. The average Bonchev–Trinajstić information content (AvgIpc) is 2.81. The van der Waals surface area contributed by atoms with Gasteiger partial charge in [-0.25, -0.2) is 0 Å². The zero-order chi connectivity index (χ0) is 10.5. The maximum atomic E-state index is 11.5. The number of carbonyl (C=O) groups is 1. The van der Waals surface area contributed by atoms with E-state index in [0.29, 0.717) is 5.56 Å². The molecule has 0 saturated carbocycles. The van der Waals surface area contributed by atoms with E-state index in [9.17, 15) is 4.79 Å². The largest absolute Gasteiger partial charge is 0.472 e. The molecule has 2 aromatic rings. The summed E-state index contributed by atoms with van der Waals surface area (Å²) >= 11 is 0. The third-order valence-corrected chi connectivity index (χ3v) is 1.92. The smallest absolute Gasteiger partial charge is 0.189 e. The lowest BCUT2D eigenvalue weighted by atomic mass is 10.2. The number of pyridine rings is 1. The molecule has 0 aliphatic rings. The van der Waals surface area contributed by atoms with Gasteiger partial charge in [0.05, 0.1) is 11.8 Å². The average molecular weight is 199 g/mol. The fraction of sp³-hybridized carbons (Fsp3) is 0. The highest BCUT2D eigenvalue weighted by Gasteiger charge is 2.01. The number of hydrogen-bond donors (Lipinski definition) is 0. The molecule has 0 unspecified atom stereocenters. The Morgan fingerprint density at radius 1 is 1.40 bits per heavy atom. The molecule has 2 rings (SSSR count). The molecule has 0 atom stereocenters. The van der Waals surface area contributed by atoms with Gasteiger partial charge in [-0.15, -0.1) is 0 Å². The van der Waals surface area contributed by atoms with Crippen molar-refractivity contribution in [2.75, 3.05) is 0 Å². The van der Waals surface area contributed by atoms with Gasteiger partial charge in [-0.3, -0.25) is 9.78 Å². The molecule has 0 bridgehead atoms. The predicted molar refractivity (Wildman–Crippen MR) is 56.3 cm³/mol. The Bertz CT molecular complexity index is 458. The van der Waals surface area contributed by atoms with E-state index in [1.165, 1.54) is 18.6 Å². The Balaban J connectivity index is 2.10. The van der Waals surface area contributed by atoms with Crippen LogP contribution in [-0.4, -0.2) is 10.8 Å². The molecule has 15 heavy (non-hydrogen) atoms. The van der Waals surface area contributed by atoms with Crippen LogP contribution in [0.25, 0.3) is 6.08 Å². The van der Waals surface area contributed by atoms with Gasteiger partial charge in [0.1, 0.15) is 6.26 Å². The second-order valence-corrected chi connectivity index (χ2v) is 3.00. The standard InChI is InChI=1S/C12H9NO2/c14-12(11-5-7-15-9-11)4-3-10-2-1-6-13-8-10/h1-9H. The molecule has 0 radical (unpaired) electrons. The van der Waals surface area contributed by atoms with Gasteiger partial charge in [0.25, 0.3) is 0 Å². The van der Waals surface area contributed by atoms with E-state index in [1.807, 2.05) is 12.1 Å². The summed E-state index contributed by atoms with van der Waals surface area (Å²) in [7, 11) is 0. The van der Waals surface area contributed by atoms with E-state index in [4.69, 9.17) is 4.42 Å². The van der Waals surface area contributed by atoms with Crippen molar-refractivity contribution >= 4 is 11.9 Å². The van der Waals surface area contributed by atoms with E-state index in [2.05, 4.69) is 4.98 Å². The molecule has 2 aromatic heterocycles. The number of aromatic nitrogens is 1. The van der Waals surface area contributed by atoms with Gasteiger partial charge in [0.2, 0.25) is 0 Å². The topological polar surface area (TPSA) is 43.1 Å². The van der Waals surface area contributed by atoms with Gasteiger partial charge in [-0.1, -0.05) is 6.07 Å². The first-order valence-corrected chi connectivity index (χ1v) is 4.51. The van der Waals surface area contributed by atoms with Gasteiger partial charge in [0.15, 0.2) is 5.78 Å². The Hall–Kier alpha value is -2.16. The van der Waals surface area contributed by atoms with Crippen LogP contribution >= 0.6 is 0 Å². The van der Waals surface area contributed by atoms with Crippen LogP contribution in [0, 0.1) is 0 Å². The third-order valence-electron chi connectivity index (χ3n) is 1.92. The van der Waals surface area contributed by atoms with Crippen molar-refractivity contribution in [1.29, 1.82) is 0 Å². The van der Waals surface area contributed by atoms with Gasteiger partial charge in [-0.05, 0) is 29.8 Å². The normalized spacial score (nSPS) is 10.7. The van der Waals surface area contributed by atoms with Gasteiger partial charge >= 0.3 is 0 Å². The van der Waals surface area contributed by atoms with Gasteiger partial charge in [0, 0.05) is 12.4 Å². The summed E-state index contributed by atoms with van der Waals surface area (Å²) in [6.45, 7) is 0. The van der Waals surface area contributed by atoms with Crippen LogP contribution in [0.15, 0.2) is 53.6 Å². The van der Waals surface area contributed by atoms with Crippen LogP contribution in [-0.2, 0) is 0 Å². The second kappa shape index (κ2) is 4.37. The van der Waals surface area contributed by atoms with Crippen molar-refractivity contribution in [3.05, 3.63) is 60.3 Å². The predicted octanol–water partition coefficient (Wildman–Crippen LogP) is 2.57. The Kier molecular flexibility index (Phi) is 2.74. The molecule has 0 saturated heterocycles. The molecule has 74 valence electrons. The lowest BCUT2D eigenvalue weighted by molar-refractivity contribution is 0.104. The first kappa shape index (κ1) is 9.40. The summed E-state index contributed by atoms with van der Waals surface area (Å²) in [5.74, 6) is -0.0763. The van der Waals surface area contributed by atoms with Gasteiger partial charge in [-0.2, -0.15) is 0 Å². The first-order chi connectivity index (χ1) is 7.36. The Labute approximate surface area is 87.1 Å². The number of rotatable bonds is 3. The minimum Gasteiger partial charge on any atom is -0.472 e. The van der Waals surface area contributed by atoms with Crippen molar-refractivity contribution in [3.63, 3.8) is 0 Å². The van der Waals surface area contributed by atoms with Crippen LogP contribution < -0.4 is 0 Å². The molecule has 0 aliphatic carbocycles. The maximum Gasteiger partial charge on any atom is 0.189 e. The highest BCUT2D eigenvalue weighted by atomic mass is 16.3. The Morgan fingerprint density at radius 3 is 3.00 bits per heavy atom. The van der Waals surface area contributed by atoms with Crippen molar-refractivity contribution < 1.29 is 9.21 Å². The van der Waals surface area contributed by atoms with Gasteiger partial charge < -0.3 is 4.42 Å². The number of furan rings is 1. The van der Waals surface area contributed by atoms with Crippen LogP contribution in [0.4, 0.5) is 0 Å². The monoisotopic (exact) mass is 199 g/mol. The number of carbonyl (C=O) groups excluding carboxylic acids is 1. The first-order valence-electron chi connectivity index (χ1n) is 4.51. The number of allylic oxidation sites excluding steroid dienone is 1. The summed E-state index contributed by atoms with van der Waals surface area (Å²) in [5, 5.41) is 0. The number of ketones is 1. The molecular weight excluding hydrogens is 190 g/mol. The molecule has 0 aromatic carbocycles. The van der Waals surface area contributed by atoms with E-state index in [0.717, 1.165) is 5.56 Å². The molecule has 3 heteroatoms. The SMILES string of the molecule is O=C(C=Cc1cccnc1)c1ccoc1.